The van der Waals surface area contributed by atoms with Crippen LogP contribution in [0.2, 0.25) is 0 Å². The highest BCUT2D eigenvalue weighted by molar-refractivity contribution is 5.25. The van der Waals surface area contributed by atoms with Crippen molar-refractivity contribution in [1.29, 1.82) is 0 Å². The molecule has 6 heteroatoms. The van der Waals surface area contributed by atoms with Gasteiger partial charge in [-0.3, -0.25) is 0 Å². The lowest BCUT2D eigenvalue weighted by molar-refractivity contribution is -0.137. The van der Waals surface area contributed by atoms with E-state index in [2.05, 4.69) is 5.16 Å². The van der Waals surface area contributed by atoms with Crippen LogP contribution in [0, 0.1) is 6.92 Å². The van der Waals surface area contributed by atoms with Crippen molar-refractivity contribution < 1.29 is 22.8 Å². The van der Waals surface area contributed by atoms with Crippen LogP contribution < -0.4 is 0 Å². The Bertz CT molecular complexity index is 593. The number of hydrogen-bond acceptors (Lipinski definition) is 3. The van der Waals surface area contributed by atoms with Crippen molar-refractivity contribution in [1.82, 2.24) is 5.16 Å². The number of aryl methyl sites for hydroxylation is 2. The quantitative estimate of drug-likeness (QED) is 0.905. The Morgan fingerprint density at radius 3 is 2.71 bits per heavy atom. The zero-order valence-electron chi connectivity index (χ0n) is 11.5. The van der Waals surface area contributed by atoms with E-state index in [1.165, 1.54) is 12.3 Å². The summed E-state index contributed by atoms with van der Waals surface area (Å²) in [5, 5.41) is 13.7. The van der Waals surface area contributed by atoms with Crippen LogP contribution in [-0.4, -0.2) is 10.3 Å². The smallest absolute Gasteiger partial charge is 0.388 e. The number of hydrogen-bond donors (Lipinski definition) is 1. The standard InChI is InChI=1S/C15H16F3NO2/c1-10-13(9-21-19-10)14(20)7-3-5-11-4-2-6-12(8-11)15(16,17)18/h2,4,6,8-9,14,20H,3,5,7H2,1H3. The second kappa shape index (κ2) is 6.30. The van der Waals surface area contributed by atoms with Crippen molar-refractivity contribution in [2.75, 3.05) is 0 Å². The molecule has 0 aliphatic carbocycles. The highest BCUT2D eigenvalue weighted by atomic mass is 19.4. The van der Waals surface area contributed by atoms with Crippen LogP contribution in [0.4, 0.5) is 13.2 Å². The van der Waals surface area contributed by atoms with Gasteiger partial charge in [0.25, 0.3) is 0 Å². The van der Waals surface area contributed by atoms with Crippen LogP contribution in [-0.2, 0) is 12.6 Å². The fourth-order valence-electron chi connectivity index (χ4n) is 2.18. The van der Waals surface area contributed by atoms with Crippen LogP contribution in [0.15, 0.2) is 35.1 Å². The molecule has 0 fully saturated rings. The molecule has 0 bridgehead atoms. The van der Waals surface area contributed by atoms with Gasteiger partial charge >= 0.3 is 6.18 Å². The molecule has 1 unspecified atom stereocenters. The minimum Gasteiger partial charge on any atom is -0.388 e. The summed E-state index contributed by atoms with van der Waals surface area (Å²) in [7, 11) is 0. The first-order valence-corrected chi connectivity index (χ1v) is 6.63. The molecule has 1 N–H and O–H groups in total. The molecule has 114 valence electrons. The molecule has 0 spiro atoms. The maximum Gasteiger partial charge on any atom is 0.416 e. The van der Waals surface area contributed by atoms with Gasteiger partial charge in [-0.1, -0.05) is 23.4 Å². The van der Waals surface area contributed by atoms with Crippen LogP contribution in [0.1, 0.15) is 41.3 Å². The number of alkyl halides is 3. The summed E-state index contributed by atoms with van der Waals surface area (Å²) < 4.78 is 42.5. The zero-order valence-corrected chi connectivity index (χ0v) is 11.5. The van der Waals surface area contributed by atoms with Gasteiger partial charge in [0.15, 0.2) is 0 Å². The normalized spacial score (nSPS) is 13.4. The fourth-order valence-corrected chi connectivity index (χ4v) is 2.18. The summed E-state index contributed by atoms with van der Waals surface area (Å²) in [6.07, 6.45) is -2.14. The van der Waals surface area contributed by atoms with Crippen molar-refractivity contribution in [2.24, 2.45) is 0 Å². The van der Waals surface area contributed by atoms with Crippen molar-refractivity contribution in [3.05, 3.63) is 52.9 Å². The van der Waals surface area contributed by atoms with E-state index in [-0.39, 0.29) is 0 Å². The summed E-state index contributed by atoms with van der Waals surface area (Å²) in [5.74, 6) is 0. The Kier molecular flexibility index (Phi) is 4.67. The molecule has 0 aliphatic heterocycles. The third-order valence-corrected chi connectivity index (χ3v) is 3.34. The first kappa shape index (κ1) is 15.6. The molecule has 1 aromatic heterocycles. The summed E-state index contributed by atoms with van der Waals surface area (Å²) in [6, 6.07) is 5.26. The summed E-state index contributed by atoms with van der Waals surface area (Å²) >= 11 is 0. The van der Waals surface area contributed by atoms with Gasteiger partial charge in [-0.15, -0.1) is 0 Å². The largest absolute Gasteiger partial charge is 0.416 e. The fraction of sp³-hybridized carbons (Fsp3) is 0.400. The molecule has 1 heterocycles. The minimum absolute atomic E-state index is 0.443. The van der Waals surface area contributed by atoms with Gasteiger partial charge < -0.3 is 9.63 Å². The van der Waals surface area contributed by atoms with Gasteiger partial charge in [0.05, 0.1) is 17.4 Å². The van der Waals surface area contributed by atoms with Crippen LogP contribution >= 0.6 is 0 Å². The molecule has 2 rings (SSSR count). The van der Waals surface area contributed by atoms with E-state index in [0.717, 1.165) is 12.1 Å². The van der Waals surface area contributed by atoms with E-state index in [0.29, 0.717) is 36.1 Å². The van der Waals surface area contributed by atoms with Crippen molar-refractivity contribution in [3.63, 3.8) is 0 Å². The van der Waals surface area contributed by atoms with Crippen LogP contribution in [0.3, 0.4) is 0 Å². The first-order chi connectivity index (χ1) is 9.88. The lowest BCUT2D eigenvalue weighted by Crippen LogP contribution is -2.05. The highest BCUT2D eigenvalue weighted by Gasteiger charge is 2.30. The van der Waals surface area contributed by atoms with Crippen LogP contribution in [0.25, 0.3) is 0 Å². The summed E-state index contributed by atoms with van der Waals surface area (Å²) in [4.78, 5) is 0. The van der Waals surface area contributed by atoms with Gasteiger partial charge in [0.1, 0.15) is 6.26 Å². The second-order valence-electron chi connectivity index (χ2n) is 4.96. The molecule has 0 radical (unpaired) electrons. The Labute approximate surface area is 120 Å². The number of benzene rings is 1. The maximum atomic E-state index is 12.6. The Balaban J connectivity index is 1.91. The van der Waals surface area contributed by atoms with Crippen molar-refractivity contribution >= 4 is 0 Å². The number of aromatic nitrogens is 1. The zero-order chi connectivity index (χ0) is 15.5. The van der Waals surface area contributed by atoms with E-state index < -0.39 is 17.8 Å². The van der Waals surface area contributed by atoms with Crippen molar-refractivity contribution in [2.45, 2.75) is 38.5 Å². The van der Waals surface area contributed by atoms with E-state index >= 15 is 0 Å². The molecule has 0 saturated heterocycles. The molecule has 0 amide bonds. The van der Waals surface area contributed by atoms with Gasteiger partial charge in [-0.25, -0.2) is 0 Å². The number of aliphatic hydroxyl groups excluding tert-OH is 1. The molecule has 1 atom stereocenters. The highest BCUT2D eigenvalue weighted by Crippen LogP contribution is 2.30. The first-order valence-electron chi connectivity index (χ1n) is 6.63. The van der Waals surface area contributed by atoms with Gasteiger partial charge in [-0.05, 0) is 37.8 Å². The molecular weight excluding hydrogens is 283 g/mol. The second-order valence-corrected chi connectivity index (χ2v) is 4.96. The summed E-state index contributed by atoms with van der Waals surface area (Å²) in [6.45, 7) is 1.73. The Morgan fingerprint density at radius 1 is 1.33 bits per heavy atom. The number of rotatable bonds is 5. The third kappa shape index (κ3) is 4.07. The van der Waals surface area contributed by atoms with E-state index in [4.69, 9.17) is 4.52 Å². The van der Waals surface area contributed by atoms with Gasteiger partial charge in [-0.2, -0.15) is 13.2 Å². The van der Waals surface area contributed by atoms with E-state index in [1.807, 2.05) is 0 Å². The summed E-state index contributed by atoms with van der Waals surface area (Å²) in [5.41, 5.74) is 1.22. The van der Waals surface area contributed by atoms with Gasteiger partial charge in [0.2, 0.25) is 0 Å². The molecular formula is C15H16F3NO2. The molecule has 0 aliphatic rings. The number of aliphatic hydroxyl groups is 1. The average Bonchev–Trinajstić information content (AvgIpc) is 2.84. The molecule has 1 aromatic carbocycles. The van der Waals surface area contributed by atoms with Gasteiger partial charge in [0, 0.05) is 5.56 Å². The van der Waals surface area contributed by atoms with Crippen LogP contribution in [0.5, 0.6) is 0 Å². The molecule has 0 saturated carbocycles. The number of nitrogens with zero attached hydrogens (tertiary/aromatic N) is 1. The predicted octanol–water partition coefficient (Wildman–Crippen LogP) is 4.06. The van der Waals surface area contributed by atoms with E-state index in [1.54, 1.807) is 13.0 Å². The topological polar surface area (TPSA) is 46.3 Å². The molecule has 21 heavy (non-hydrogen) atoms. The average molecular weight is 299 g/mol. The lowest BCUT2D eigenvalue weighted by atomic mass is 10.0. The third-order valence-electron chi connectivity index (χ3n) is 3.34. The Morgan fingerprint density at radius 2 is 2.10 bits per heavy atom. The molecule has 3 nitrogen and oxygen atoms in total. The van der Waals surface area contributed by atoms with E-state index in [9.17, 15) is 18.3 Å². The molecule has 2 aromatic rings. The predicted molar refractivity (Wildman–Crippen MR) is 70.6 cm³/mol. The van der Waals surface area contributed by atoms with Crippen molar-refractivity contribution in [3.8, 4) is 0 Å². The monoisotopic (exact) mass is 299 g/mol. The Hall–Kier alpha value is -1.82. The number of halogens is 3. The lowest BCUT2D eigenvalue weighted by Gasteiger charge is -2.10. The maximum absolute atomic E-state index is 12.6. The SMILES string of the molecule is Cc1nocc1C(O)CCCc1cccc(C(F)(F)F)c1. The minimum atomic E-state index is -4.32.